The van der Waals surface area contributed by atoms with Crippen molar-refractivity contribution >= 4 is 11.9 Å². The lowest BCUT2D eigenvalue weighted by atomic mass is 10.0. The summed E-state index contributed by atoms with van der Waals surface area (Å²) in [4.78, 5) is 21.4. The molecule has 0 aromatic carbocycles. The number of aliphatic carboxylic acids is 1. The van der Waals surface area contributed by atoms with E-state index in [1.54, 1.807) is 12.2 Å². The number of carboxylic acids is 1. The zero-order valence-corrected chi connectivity index (χ0v) is 7.12. The fraction of sp³-hybridized carbons (Fsp3) is 0.333. The molecule has 2 N–H and O–H groups in total. The molecule has 1 aliphatic rings. The molecule has 13 heavy (non-hydrogen) atoms. The quantitative estimate of drug-likeness (QED) is 0.664. The van der Waals surface area contributed by atoms with Crippen molar-refractivity contribution in [1.82, 2.24) is 5.32 Å². The average molecular weight is 181 g/mol. The van der Waals surface area contributed by atoms with Gasteiger partial charge in [0.25, 0.3) is 0 Å². The van der Waals surface area contributed by atoms with Gasteiger partial charge in [0.05, 0.1) is 0 Å². The fourth-order valence-corrected chi connectivity index (χ4v) is 1.06. The summed E-state index contributed by atoms with van der Waals surface area (Å²) in [6.45, 7) is -0.320. The van der Waals surface area contributed by atoms with Crippen LogP contribution in [0.25, 0.3) is 0 Å². The van der Waals surface area contributed by atoms with Gasteiger partial charge < -0.3 is 10.4 Å². The molecule has 1 amide bonds. The Morgan fingerprint density at radius 1 is 1.54 bits per heavy atom. The van der Waals surface area contributed by atoms with Crippen molar-refractivity contribution in [2.45, 2.75) is 12.8 Å². The molecule has 0 saturated heterocycles. The summed E-state index contributed by atoms with van der Waals surface area (Å²) in [5.74, 6) is -1.31. The summed E-state index contributed by atoms with van der Waals surface area (Å²) in [5, 5.41) is 10.6. The summed E-state index contributed by atoms with van der Waals surface area (Å²) < 4.78 is 0. The zero-order chi connectivity index (χ0) is 9.68. The minimum absolute atomic E-state index is 0.285. The van der Waals surface area contributed by atoms with Crippen LogP contribution in [0.2, 0.25) is 0 Å². The van der Waals surface area contributed by atoms with Crippen LogP contribution in [-0.4, -0.2) is 23.5 Å². The van der Waals surface area contributed by atoms with Gasteiger partial charge in [-0.1, -0.05) is 18.2 Å². The smallest absolute Gasteiger partial charge is 0.322 e. The van der Waals surface area contributed by atoms with Crippen LogP contribution in [-0.2, 0) is 9.59 Å². The van der Waals surface area contributed by atoms with Gasteiger partial charge in [0.1, 0.15) is 6.54 Å². The molecule has 0 saturated carbocycles. The van der Waals surface area contributed by atoms with Crippen molar-refractivity contribution in [2.75, 3.05) is 6.54 Å². The number of hydrogen-bond donors (Lipinski definition) is 2. The summed E-state index contributed by atoms with van der Waals surface area (Å²) in [6, 6.07) is 0. The van der Waals surface area contributed by atoms with E-state index in [2.05, 4.69) is 5.32 Å². The summed E-state index contributed by atoms with van der Waals surface area (Å²) in [6.07, 6.45) is 7.00. The van der Waals surface area contributed by atoms with Crippen molar-refractivity contribution in [3.8, 4) is 0 Å². The average Bonchev–Trinajstić information content (AvgIpc) is 2.15. The van der Waals surface area contributed by atoms with Crippen LogP contribution in [0.5, 0.6) is 0 Å². The second kappa shape index (κ2) is 4.45. The number of hydrogen-bond acceptors (Lipinski definition) is 2. The Balaban J connectivity index is 2.43. The van der Waals surface area contributed by atoms with Gasteiger partial charge >= 0.3 is 5.97 Å². The molecular formula is C9H11NO3. The van der Waals surface area contributed by atoms with E-state index >= 15 is 0 Å². The maximum Gasteiger partial charge on any atom is 0.322 e. The third kappa shape index (κ3) is 3.11. The van der Waals surface area contributed by atoms with E-state index in [0.717, 1.165) is 6.42 Å². The van der Waals surface area contributed by atoms with E-state index in [9.17, 15) is 9.59 Å². The van der Waals surface area contributed by atoms with Crippen molar-refractivity contribution in [3.05, 3.63) is 23.8 Å². The van der Waals surface area contributed by atoms with Gasteiger partial charge in [-0.15, -0.1) is 0 Å². The van der Waals surface area contributed by atoms with Gasteiger partial charge in [-0.3, -0.25) is 9.59 Å². The Hall–Kier alpha value is -1.58. The van der Waals surface area contributed by atoms with Gasteiger partial charge in [-0.05, 0) is 12.8 Å². The third-order valence-corrected chi connectivity index (χ3v) is 1.71. The molecule has 0 bridgehead atoms. The third-order valence-electron chi connectivity index (χ3n) is 1.71. The molecule has 0 atom stereocenters. The fourth-order valence-electron chi connectivity index (χ4n) is 1.06. The van der Waals surface area contributed by atoms with Gasteiger partial charge in [-0.25, -0.2) is 0 Å². The zero-order valence-electron chi connectivity index (χ0n) is 7.12. The van der Waals surface area contributed by atoms with Crippen LogP contribution in [0.3, 0.4) is 0 Å². The van der Waals surface area contributed by atoms with Gasteiger partial charge in [0.2, 0.25) is 5.91 Å². The highest BCUT2D eigenvalue weighted by atomic mass is 16.4. The molecule has 0 spiro atoms. The lowest BCUT2D eigenvalue weighted by Gasteiger charge is -2.07. The number of amides is 1. The predicted molar refractivity (Wildman–Crippen MR) is 47.1 cm³/mol. The van der Waals surface area contributed by atoms with E-state index in [1.165, 1.54) is 0 Å². The monoisotopic (exact) mass is 181 g/mol. The predicted octanol–water partition coefficient (Wildman–Crippen LogP) is 0.464. The first kappa shape index (κ1) is 9.51. The molecule has 1 aliphatic carbocycles. The summed E-state index contributed by atoms with van der Waals surface area (Å²) >= 11 is 0. The van der Waals surface area contributed by atoms with Crippen LogP contribution in [0.15, 0.2) is 23.8 Å². The van der Waals surface area contributed by atoms with Gasteiger partial charge in [-0.2, -0.15) is 0 Å². The Bertz CT molecular complexity index is 279. The minimum Gasteiger partial charge on any atom is -0.480 e. The highest BCUT2D eigenvalue weighted by Crippen LogP contribution is 2.10. The Kier molecular flexibility index (Phi) is 3.25. The van der Waals surface area contributed by atoms with Crippen molar-refractivity contribution in [3.63, 3.8) is 0 Å². The number of allylic oxidation sites excluding steroid dienone is 3. The number of carbonyl (C=O) groups excluding carboxylic acids is 1. The molecule has 0 aromatic rings. The minimum atomic E-state index is -1.03. The van der Waals surface area contributed by atoms with Crippen LogP contribution >= 0.6 is 0 Å². The SMILES string of the molecule is O=C(O)CNC(=O)C1=CC=CCC1. The van der Waals surface area contributed by atoms with E-state index in [1.807, 2.05) is 6.08 Å². The number of carboxylic acid groups (broad SMARTS) is 1. The molecule has 4 heteroatoms. The molecule has 70 valence electrons. The molecule has 0 radical (unpaired) electrons. The second-order valence-corrected chi connectivity index (χ2v) is 2.74. The Morgan fingerprint density at radius 3 is 2.85 bits per heavy atom. The van der Waals surface area contributed by atoms with Crippen molar-refractivity contribution in [2.24, 2.45) is 0 Å². The first-order valence-electron chi connectivity index (χ1n) is 4.06. The maximum atomic E-state index is 11.2. The standard InChI is InChI=1S/C9H11NO3/c11-8(12)6-10-9(13)7-4-2-1-3-5-7/h1-2,4H,3,5-6H2,(H,10,13)(H,11,12). The molecule has 0 fully saturated rings. The summed E-state index contributed by atoms with van der Waals surface area (Å²) in [5.41, 5.74) is 0.642. The number of nitrogens with one attached hydrogen (secondary N) is 1. The first-order valence-corrected chi connectivity index (χ1v) is 4.06. The highest BCUT2D eigenvalue weighted by molar-refractivity contribution is 5.95. The molecule has 0 heterocycles. The van der Waals surface area contributed by atoms with E-state index in [4.69, 9.17) is 5.11 Å². The van der Waals surface area contributed by atoms with Crippen LogP contribution < -0.4 is 5.32 Å². The molecule has 0 aromatic heterocycles. The molecule has 4 nitrogen and oxygen atoms in total. The lowest BCUT2D eigenvalue weighted by molar-refractivity contribution is -0.137. The van der Waals surface area contributed by atoms with E-state index in [0.29, 0.717) is 12.0 Å². The van der Waals surface area contributed by atoms with Gasteiger partial charge in [0.15, 0.2) is 0 Å². The number of carbonyl (C=O) groups is 2. The number of rotatable bonds is 3. The van der Waals surface area contributed by atoms with Crippen LogP contribution in [0.1, 0.15) is 12.8 Å². The van der Waals surface area contributed by atoms with Crippen molar-refractivity contribution in [1.29, 1.82) is 0 Å². The van der Waals surface area contributed by atoms with Gasteiger partial charge in [0, 0.05) is 5.57 Å². The summed E-state index contributed by atoms with van der Waals surface area (Å²) in [7, 11) is 0. The lowest BCUT2D eigenvalue weighted by Crippen LogP contribution is -2.30. The van der Waals surface area contributed by atoms with E-state index < -0.39 is 5.97 Å². The van der Waals surface area contributed by atoms with Crippen LogP contribution in [0, 0.1) is 0 Å². The molecule has 0 aliphatic heterocycles. The molecule has 0 unspecified atom stereocenters. The Labute approximate surface area is 75.9 Å². The molecular weight excluding hydrogens is 170 g/mol. The topological polar surface area (TPSA) is 66.4 Å². The van der Waals surface area contributed by atoms with Crippen molar-refractivity contribution < 1.29 is 14.7 Å². The second-order valence-electron chi connectivity index (χ2n) is 2.74. The van der Waals surface area contributed by atoms with Crippen LogP contribution in [0.4, 0.5) is 0 Å². The van der Waals surface area contributed by atoms with E-state index in [-0.39, 0.29) is 12.5 Å². The Morgan fingerprint density at radius 2 is 2.31 bits per heavy atom. The normalized spacial score (nSPS) is 14.9. The maximum absolute atomic E-state index is 11.2. The first-order chi connectivity index (χ1) is 6.20. The highest BCUT2D eigenvalue weighted by Gasteiger charge is 2.10. The largest absolute Gasteiger partial charge is 0.480 e. The molecule has 1 rings (SSSR count).